The molecule has 5 heteroatoms. The Morgan fingerprint density at radius 1 is 1.33 bits per heavy atom. The number of ether oxygens (including phenoxy) is 3. The summed E-state index contributed by atoms with van der Waals surface area (Å²) in [7, 11) is 1.64. The van der Waals surface area contributed by atoms with Crippen molar-refractivity contribution in [3.05, 3.63) is 42.6 Å². The molecule has 0 spiro atoms. The molecular weight excluding hydrogens is 268 g/mol. The van der Waals surface area contributed by atoms with Crippen LogP contribution in [0.1, 0.15) is 0 Å². The van der Waals surface area contributed by atoms with Crippen LogP contribution in [0.4, 0.5) is 0 Å². The highest BCUT2D eigenvalue weighted by Crippen LogP contribution is 2.27. The topological polar surface area (TPSA) is 66.6 Å². The quantitative estimate of drug-likeness (QED) is 0.870. The van der Waals surface area contributed by atoms with Crippen LogP contribution in [-0.2, 0) is 4.74 Å². The van der Waals surface area contributed by atoms with E-state index in [1.807, 2.05) is 36.4 Å². The molecule has 2 N–H and O–H groups in total. The van der Waals surface area contributed by atoms with Gasteiger partial charge in [0, 0.05) is 17.6 Å². The summed E-state index contributed by atoms with van der Waals surface area (Å²) in [5.41, 5.74) is 6.61. The lowest BCUT2D eigenvalue weighted by Gasteiger charge is -2.21. The van der Waals surface area contributed by atoms with Crippen LogP contribution < -0.4 is 15.2 Å². The van der Waals surface area contributed by atoms with Crippen molar-refractivity contribution in [3.8, 4) is 11.5 Å². The van der Waals surface area contributed by atoms with Crippen LogP contribution in [0.2, 0.25) is 0 Å². The fraction of sp³-hybridized carbons (Fsp3) is 0.312. The van der Waals surface area contributed by atoms with Crippen molar-refractivity contribution in [2.24, 2.45) is 5.73 Å². The molecule has 1 aromatic carbocycles. The molecule has 1 aliphatic rings. The van der Waals surface area contributed by atoms with Gasteiger partial charge in [0.2, 0.25) is 0 Å². The Hall–Kier alpha value is -2.11. The molecule has 1 aliphatic heterocycles. The van der Waals surface area contributed by atoms with Crippen molar-refractivity contribution in [1.82, 2.24) is 4.98 Å². The molecule has 0 saturated heterocycles. The Kier molecular flexibility index (Phi) is 4.03. The summed E-state index contributed by atoms with van der Waals surface area (Å²) in [6, 6.07) is 7.54. The minimum absolute atomic E-state index is 0.0210. The standard InChI is InChI=1S/C16H18N2O3/c1-19-12-4-5-15-14(8-12)16(6-7-18-15)21-10-13-3-2-11(17)9-20-13/h2-8,11,13H,9-10,17H2,1H3/t11-,13+/m1/s1. The molecule has 2 aromatic rings. The molecule has 110 valence electrons. The lowest BCUT2D eigenvalue weighted by Crippen LogP contribution is -2.33. The van der Waals surface area contributed by atoms with Crippen LogP contribution in [0.15, 0.2) is 42.6 Å². The second kappa shape index (κ2) is 6.11. The Balaban J connectivity index is 1.78. The SMILES string of the molecule is COc1ccc2nccc(OC[C@@H]3C=C[C@@H](N)CO3)c2c1. The number of fused-ring (bicyclic) bond motifs is 1. The summed E-state index contributed by atoms with van der Waals surface area (Å²) in [6.45, 7) is 0.967. The van der Waals surface area contributed by atoms with Gasteiger partial charge in [-0.25, -0.2) is 0 Å². The van der Waals surface area contributed by atoms with Gasteiger partial charge in [0.05, 0.1) is 19.2 Å². The fourth-order valence-corrected chi connectivity index (χ4v) is 2.24. The Bertz CT molecular complexity index is 657. The monoisotopic (exact) mass is 286 g/mol. The molecular formula is C16H18N2O3. The van der Waals surface area contributed by atoms with Crippen molar-refractivity contribution >= 4 is 10.9 Å². The van der Waals surface area contributed by atoms with Gasteiger partial charge in [-0.05, 0) is 24.3 Å². The maximum atomic E-state index is 5.88. The summed E-state index contributed by atoms with van der Waals surface area (Å²) < 4.78 is 16.7. The van der Waals surface area contributed by atoms with Crippen LogP contribution in [0.5, 0.6) is 11.5 Å². The summed E-state index contributed by atoms with van der Waals surface area (Å²) in [4.78, 5) is 4.32. The van der Waals surface area contributed by atoms with E-state index in [1.165, 1.54) is 0 Å². The van der Waals surface area contributed by atoms with Crippen LogP contribution in [0, 0.1) is 0 Å². The van der Waals surface area contributed by atoms with Crippen molar-refractivity contribution < 1.29 is 14.2 Å². The van der Waals surface area contributed by atoms with Crippen LogP contribution in [0.25, 0.3) is 10.9 Å². The summed E-state index contributed by atoms with van der Waals surface area (Å²) >= 11 is 0. The number of hydrogen-bond donors (Lipinski definition) is 1. The van der Waals surface area contributed by atoms with E-state index in [-0.39, 0.29) is 12.1 Å². The molecule has 5 nitrogen and oxygen atoms in total. The van der Waals surface area contributed by atoms with Gasteiger partial charge in [-0.2, -0.15) is 0 Å². The lowest BCUT2D eigenvalue weighted by atomic mass is 10.2. The lowest BCUT2D eigenvalue weighted by molar-refractivity contribution is 0.0397. The minimum Gasteiger partial charge on any atom is -0.497 e. The second-order valence-electron chi connectivity index (χ2n) is 4.92. The molecule has 0 saturated carbocycles. The molecule has 3 rings (SSSR count). The first kappa shape index (κ1) is 13.9. The van der Waals surface area contributed by atoms with E-state index in [2.05, 4.69) is 4.98 Å². The smallest absolute Gasteiger partial charge is 0.130 e. The number of aromatic nitrogens is 1. The average Bonchev–Trinajstić information content (AvgIpc) is 2.54. The van der Waals surface area contributed by atoms with E-state index in [0.29, 0.717) is 13.2 Å². The number of rotatable bonds is 4. The zero-order valence-electron chi connectivity index (χ0n) is 11.9. The zero-order valence-corrected chi connectivity index (χ0v) is 11.9. The third-order valence-electron chi connectivity index (χ3n) is 3.39. The van der Waals surface area contributed by atoms with Crippen molar-refractivity contribution in [1.29, 1.82) is 0 Å². The van der Waals surface area contributed by atoms with E-state index in [9.17, 15) is 0 Å². The fourth-order valence-electron chi connectivity index (χ4n) is 2.24. The number of methoxy groups -OCH3 is 1. The minimum atomic E-state index is -0.0707. The highest BCUT2D eigenvalue weighted by molar-refractivity contribution is 5.86. The molecule has 0 unspecified atom stereocenters. The second-order valence-corrected chi connectivity index (χ2v) is 4.92. The number of hydrogen-bond acceptors (Lipinski definition) is 5. The Morgan fingerprint density at radius 2 is 2.24 bits per heavy atom. The van der Waals surface area contributed by atoms with Crippen LogP contribution in [-0.4, -0.2) is 37.5 Å². The summed E-state index contributed by atoms with van der Waals surface area (Å²) in [5.74, 6) is 1.55. The third-order valence-corrected chi connectivity index (χ3v) is 3.39. The van der Waals surface area contributed by atoms with Gasteiger partial charge in [0.1, 0.15) is 24.2 Å². The molecule has 0 aliphatic carbocycles. The maximum Gasteiger partial charge on any atom is 0.130 e. The number of nitrogens with zero attached hydrogens (tertiary/aromatic N) is 1. The number of benzene rings is 1. The highest BCUT2D eigenvalue weighted by atomic mass is 16.5. The third kappa shape index (κ3) is 3.15. The maximum absolute atomic E-state index is 5.88. The first-order valence-corrected chi connectivity index (χ1v) is 6.87. The van der Waals surface area contributed by atoms with Crippen molar-refractivity contribution in [3.63, 3.8) is 0 Å². The highest BCUT2D eigenvalue weighted by Gasteiger charge is 2.14. The van der Waals surface area contributed by atoms with Gasteiger partial charge in [0.15, 0.2) is 0 Å². The average molecular weight is 286 g/mol. The first-order chi connectivity index (χ1) is 10.3. The zero-order chi connectivity index (χ0) is 14.7. The van der Waals surface area contributed by atoms with Crippen LogP contribution in [0.3, 0.4) is 0 Å². The van der Waals surface area contributed by atoms with Gasteiger partial charge in [-0.3, -0.25) is 4.98 Å². The molecule has 21 heavy (non-hydrogen) atoms. The first-order valence-electron chi connectivity index (χ1n) is 6.87. The van der Waals surface area contributed by atoms with Gasteiger partial charge in [0.25, 0.3) is 0 Å². The molecule has 2 atom stereocenters. The summed E-state index contributed by atoms with van der Waals surface area (Å²) in [5, 5.41) is 0.924. The van der Waals surface area contributed by atoms with E-state index in [4.69, 9.17) is 19.9 Å². The van der Waals surface area contributed by atoms with Crippen molar-refractivity contribution in [2.75, 3.05) is 20.3 Å². The van der Waals surface area contributed by atoms with Gasteiger partial charge >= 0.3 is 0 Å². The Labute approximate surface area is 123 Å². The van der Waals surface area contributed by atoms with E-state index in [0.717, 1.165) is 22.4 Å². The molecule has 0 radical (unpaired) electrons. The van der Waals surface area contributed by atoms with Crippen LogP contribution >= 0.6 is 0 Å². The molecule has 2 heterocycles. The molecule has 1 aromatic heterocycles. The predicted octanol–water partition coefficient (Wildman–Crippen LogP) is 1.90. The largest absolute Gasteiger partial charge is 0.497 e. The van der Waals surface area contributed by atoms with Crippen molar-refractivity contribution in [2.45, 2.75) is 12.1 Å². The predicted molar refractivity (Wildman–Crippen MR) is 80.6 cm³/mol. The molecule has 0 bridgehead atoms. The molecule has 0 fully saturated rings. The van der Waals surface area contributed by atoms with E-state index >= 15 is 0 Å². The number of pyridine rings is 1. The van der Waals surface area contributed by atoms with Gasteiger partial charge in [-0.15, -0.1) is 0 Å². The van der Waals surface area contributed by atoms with Gasteiger partial charge < -0.3 is 19.9 Å². The normalized spacial score (nSPS) is 21.4. The summed E-state index contributed by atoms with van der Waals surface area (Å²) in [6.07, 6.45) is 5.56. The van der Waals surface area contributed by atoms with E-state index in [1.54, 1.807) is 13.3 Å². The van der Waals surface area contributed by atoms with E-state index < -0.39 is 0 Å². The van der Waals surface area contributed by atoms with Gasteiger partial charge in [-0.1, -0.05) is 12.2 Å². The molecule has 0 amide bonds. The number of nitrogens with two attached hydrogens (primary N) is 1. The Morgan fingerprint density at radius 3 is 3.00 bits per heavy atom.